The van der Waals surface area contributed by atoms with Gasteiger partial charge in [-0.3, -0.25) is 0 Å². The molecule has 1 unspecified atom stereocenters. The highest BCUT2D eigenvalue weighted by Crippen LogP contribution is 2.19. The van der Waals surface area contributed by atoms with Gasteiger partial charge in [0.25, 0.3) is 0 Å². The molecule has 3 heteroatoms. The van der Waals surface area contributed by atoms with Crippen molar-refractivity contribution in [3.8, 4) is 5.75 Å². The fourth-order valence-electron chi connectivity index (χ4n) is 1.95. The summed E-state index contributed by atoms with van der Waals surface area (Å²) in [7, 11) is 0. The molecule has 0 fully saturated rings. The van der Waals surface area contributed by atoms with Crippen LogP contribution in [0.25, 0.3) is 0 Å². The number of hydrogen-bond acceptors (Lipinski definition) is 2. The van der Waals surface area contributed by atoms with Gasteiger partial charge in [0, 0.05) is 11.4 Å². The second-order valence-corrected chi connectivity index (χ2v) is 4.73. The van der Waals surface area contributed by atoms with Gasteiger partial charge in [-0.2, -0.15) is 0 Å². The van der Waals surface area contributed by atoms with Gasteiger partial charge in [-0.05, 0) is 35.7 Å². The van der Waals surface area contributed by atoms with Crippen molar-refractivity contribution < 1.29 is 10.2 Å². The van der Waals surface area contributed by atoms with E-state index in [0.29, 0.717) is 17.9 Å². The second kappa shape index (κ2) is 5.89. The van der Waals surface area contributed by atoms with Crippen LogP contribution < -0.4 is 0 Å². The zero-order valence-corrected chi connectivity index (χ0v) is 10.6. The predicted octanol–water partition coefficient (Wildman–Crippen LogP) is 3.19. The third-order valence-electron chi connectivity index (χ3n) is 2.80. The SMILES string of the molecule is Oc1cccc(CC(O)Cc2ccccc2Cl)c1. The van der Waals surface area contributed by atoms with Crippen LogP contribution >= 0.6 is 11.6 Å². The van der Waals surface area contributed by atoms with Gasteiger partial charge in [0.15, 0.2) is 0 Å². The minimum absolute atomic E-state index is 0.220. The first-order valence-corrected chi connectivity index (χ1v) is 6.22. The van der Waals surface area contributed by atoms with E-state index < -0.39 is 6.10 Å². The number of aromatic hydroxyl groups is 1. The quantitative estimate of drug-likeness (QED) is 0.888. The number of benzene rings is 2. The van der Waals surface area contributed by atoms with E-state index in [0.717, 1.165) is 11.1 Å². The lowest BCUT2D eigenvalue weighted by Crippen LogP contribution is -2.14. The molecule has 2 aromatic rings. The van der Waals surface area contributed by atoms with Crippen LogP contribution in [0, 0.1) is 0 Å². The van der Waals surface area contributed by atoms with Gasteiger partial charge in [0.05, 0.1) is 6.10 Å². The van der Waals surface area contributed by atoms with E-state index in [4.69, 9.17) is 11.6 Å². The van der Waals surface area contributed by atoms with Gasteiger partial charge in [0.2, 0.25) is 0 Å². The van der Waals surface area contributed by atoms with Crippen LogP contribution in [0.15, 0.2) is 48.5 Å². The minimum atomic E-state index is -0.508. The molecule has 0 amide bonds. The first-order valence-electron chi connectivity index (χ1n) is 5.84. The molecule has 2 nitrogen and oxygen atoms in total. The van der Waals surface area contributed by atoms with E-state index in [1.54, 1.807) is 18.2 Å². The molecule has 94 valence electrons. The first-order chi connectivity index (χ1) is 8.65. The number of aliphatic hydroxyl groups excluding tert-OH is 1. The van der Waals surface area contributed by atoms with Crippen molar-refractivity contribution in [3.63, 3.8) is 0 Å². The van der Waals surface area contributed by atoms with Gasteiger partial charge in [-0.15, -0.1) is 0 Å². The monoisotopic (exact) mass is 262 g/mol. The number of aliphatic hydroxyl groups is 1. The maximum atomic E-state index is 10.0. The third kappa shape index (κ3) is 3.49. The second-order valence-electron chi connectivity index (χ2n) is 4.32. The molecule has 0 aromatic heterocycles. The molecule has 0 spiro atoms. The predicted molar refractivity (Wildman–Crippen MR) is 73.0 cm³/mol. The van der Waals surface area contributed by atoms with E-state index in [1.165, 1.54) is 0 Å². The molecular weight excluding hydrogens is 248 g/mol. The molecule has 2 aromatic carbocycles. The van der Waals surface area contributed by atoms with Gasteiger partial charge in [-0.1, -0.05) is 41.9 Å². The average molecular weight is 263 g/mol. The Bertz CT molecular complexity index is 525. The number of halogens is 1. The molecule has 0 saturated heterocycles. The Labute approximate surface area is 111 Å². The minimum Gasteiger partial charge on any atom is -0.508 e. The normalized spacial score (nSPS) is 12.3. The van der Waals surface area contributed by atoms with Crippen LogP contribution in [0.4, 0.5) is 0 Å². The molecule has 0 bridgehead atoms. The fraction of sp³-hybridized carbons (Fsp3) is 0.200. The zero-order chi connectivity index (χ0) is 13.0. The third-order valence-corrected chi connectivity index (χ3v) is 3.16. The number of phenols is 1. The molecule has 0 saturated carbocycles. The van der Waals surface area contributed by atoms with Crippen molar-refractivity contribution in [2.45, 2.75) is 18.9 Å². The maximum Gasteiger partial charge on any atom is 0.115 e. The molecule has 2 N–H and O–H groups in total. The van der Waals surface area contributed by atoms with E-state index in [9.17, 15) is 10.2 Å². The summed E-state index contributed by atoms with van der Waals surface area (Å²) in [4.78, 5) is 0. The van der Waals surface area contributed by atoms with E-state index >= 15 is 0 Å². The Hall–Kier alpha value is -1.51. The number of hydrogen-bond donors (Lipinski definition) is 2. The van der Waals surface area contributed by atoms with Crippen LogP contribution in [0.3, 0.4) is 0 Å². The number of phenolic OH excluding ortho intramolecular Hbond substituents is 1. The molecule has 0 aliphatic carbocycles. The summed E-state index contributed by atoms with van der Waals surface area (Å²) in [6.07, 6.45) is 0.501. The molecule has 1 atom stereocenters. The molecular formula is C15H15ClO2. The van der Waals surface area contributed by atoms with Crippen molar-refractivity contribution in [1.29, 1.82) is 0 Å². The highest BCUT2D eigenvalue weighted by molar-refractivity contribution is 6.31. The van der Waals surface area contributed by atoms with Crippen LogP contribution in [-0.4, -0.2) is 16.3 Å². The summed E-state index contributed by atoms with van der Waals surface area (Å²) < 4.78 is 0. The van der Waals surface area contributed by atoms with Crippen molar-refractivity contribution in [2.24, 2.45) is 0 Å². The first kappa shape index (κ1) is 12.9. The Morgan fingerprint density at radius 3 is 2.50 bits per heavy atom. The van der Waals surface area contributed by atoms with Gasteiger partial charge >= 0.3 is 0 Å². The van der Waals surface area contributed by atoms with Crippen molar-refractivity contribution in [3.05, 3.63) is 64.7 Å². The molecule has 0 radical (unpaired) electrons. The molecule has 0 aliphatic rings. The molecule has 2 rings (SSSR count). The topological polar surface area (TPSA) is 40.5 Å². The summed E-state index contributed by atoms with van der Waals surface area (Å²) >= 11 is 6.05. The summed E-state index contributed by atoms with van der Waals surface area (Å²) in [5.41, 5.74) is 1.85. The standard InChI is InChI=1S/C15H15ClO2/c16-15-7-2-1-5-12(15)10-14(18)9-11-4-3-6-13(17)8-11/h1-8,14,17-18H,9-10H2. The van der Waals surface area contributed by atoms with Crippen molar-refractivity contribution >= 4 is 11.6 Å². The highest BCUT2D eigenvalue weighted by atomic mass is 35.5. The summed E-state index contributed by atoms with van der Waals surface area (Å²) in [6.45, 7) is 0. The smallest absolute Gasteiger partial charge is 0.115 e. The largest absolute Gasteiger partial charge is 0.508 e. The van der Waals surface area contributed by atoms with Crippen molar-refractivity contribution in [1.82, 2.24) is 0 Å². The summed E-state index contributed by atoms with van der Waals surface area (Å²) in [5, 5.41) is 20.1. The molecule has 0 aliphatic heterocycles. The van der Waals surface area contributed by atoms with Gasteiger partial charge in [0.1, 0.15) is 5.75 Å². The summed E-state index contributed by atoms with van der Waals surface area (Å²) in [6, 6.07) is 14.4. The van der Waals surface area contributed by atoms with Gasteiger partial charge < -0.3 is 10.2 Å². The molecule has 0 heterocycles. The Kier molecular flexibility index (Phi) is 4.24. The van der Waals surface area contributed by atoms with Crippen molar-refractivity contribution in [2.75, 3.05) is 0 Å². The van der Waals surface area contributed by atoms with Crippen LogP contribution in [0.2, 0.25) is 5.02 Å². The van der Waals surface area contributed by atoms with Gasteiger partial charge in [-0.25, -0.2) is 0 Å². The van der Waals surface area contributed by atoms with Crippen LogP contribution in [0.5, 0.6) is 5.75 Å². The lowest BCUT2D eigenvalue weighted by atomic mass is 10.0. The fourth-order valence-corrected chi connectivity index (χ4v) is 2.16. The van der Waals surface area contributed by atoms with Crippen LogP contribution in [-0.2, 0) is 12.8 Å². The zero-order valence-electron chi connectivity index (χ0n) is 9.88. The summed E-state index contributed by atoms with van der Waals surface area (Å²) in [5.74, 6) is 0.220. The van der Waals surface area contributed by atoms with E-state index in [-0.39, 0.29) is 5.75 Å². The Morgan fingerprint density at radius 1 is 1.00 bits per heavy atom. The van der Waals surface area contributed by atoms with E-state index in [1.807, 2.05) is 30.3 Å². The Balaban J connectivity index is 2.01. The van der Waals surface area contributed by atoms with Crippen LogP contribution in [0.1, 0.15) is 11.1 Å². The average Bonchev–Trinajstić information content (AvgIpc) is 2.32. The maximum absolute atomic E-state index is 10.0. The number of rotatable bonds is 4. The lowest BCUT2D eigenvalue weighted by Gasteiger charge is -2.12. The lowest BCUT2D eigenvalue weighted by molar-refractivity contribution is 0.175. The Morgan fingerprint density at radius 2 is 1.78 bits per heavy atom. The molecule has 18 heavy (non-hydrogen) atoms. The van der Waals surface area contributed by atoms with E-state index in [2.05, 4.69) is 0 Å². The highest BCUT2D eigenvalue weighted by Gasteiger charge is 2.09.